The topological polar surface area (TPSA) is 46.6 Å². The van der Waals surface area contributed by atoms with Gasteiger partial charge >= 0.3 is 0 Å². The zero-order chi connectivity index (χ0) is 21.2. The van der Waals surface area contributed by atoms with Crippen LogP contribution in [0.4, 0.5) is 0 Å². The molecule has 0 unspecified atom stereocenters. The first-order valence-corrected chi connectivity index (χ1v) is 13.6. The molecule has 1 aliphatic heterocycles. The van der Waals surface area contributed by atoms with Gasteiger partial charge in [-0.15, -0.1) is 0 Å². The molecule has 0 N–H and O–H groups in total. The molecule has 1 heterocycles. The van der Waals surface area contributed by atoms with E-state index in [2.05, 4.69) is 36.7 Å². The van der Waals surface area contributed by atoms with Gasteiger partial charge in [0.15, 0.2) is 14.4 Å². The summed E-state index contributed by atoms with van der Waals surface area (Å²) in [5, 5.41) is 0.613. The van der Waals surface area contributed by atoms with Crippen LogP contribution in [0.25, 0.3) is 0 Å². The number of benzene rings is 2. The Morgan fingerprint density at radius 3 is 2.10 bits per heavy atom. The van der Waals surface area contributed by atoms with E-state index in [1.54, 1.807) is 36.4 Å². The molecule has 2 amide bonds. The summed E-state index contributed by atoms with van der Waals surface area (Å²) in [6, 6.07) is 16.7. The third kappa shape index (κ3) is 4.36. The summed E-state index contributed by atoms with van der Waals surface area (Å²) < 4.78 is 7.40. The molecule has 0 spiro atoms. The van der Waals surface area contributed by atoms with Crippen LogP contribution in [0.5, 0.6) is 0 Å². The number of carbonyl (C=O) groups excluding carboxylic acids is 2. The van der Waals surface area contributed by atoms with Crippen molar-refractivity contribution in [1.82, 2.24) is 4.90 Å². The zero-order valence-electron chi connectivity index (χ0n) is 16.8. The van der Waals surface area contributed by atoms with Gasteiger partial charge in [-0.3, -0.25) is 14.5 Å². The van der Waals surface area contributed by atoms with Crippen molar-refractivity contribution in [3.05, 3.63) is 69.2 Å². The summed E-state index contributed by atoms with van der Waals surface area (Å²) in [5.74, 6) is -0.566. The van der Waals surface area contributed by atoms with Crippen LogP contribution in [-0.4, -0.2) is 31.1 Å². The molecule has 0 aromatic heterocycles. The molecule has 1 saturated heterocycles. The number of amides is 2. The van der Waals surface area contributed by atoms with Gasteiger partial charge in [0.25, 0.3) is 11.8 Å². The van der Waals surface area contributed by atoms with Crippen molar-refractivity contribution < 1.29 is 14.0 Å². The predicted octanol–water partition coefficient (Wildman–Crippen LogP) is 6.22. The standard InChI is InChI=1S/C22H25BrClNO3Si/c1-4-29(5-2,6-3)28-20-19(15-9-13-18(24)14-10-15)25(22(20)27)21(26)16-7-11-17(23)12-8-16/h7-14,19-20H,4-6H2,1-3H3/t19-,20+/m0/s1. The first-order valence-electron chi connectivity index (χ1n) is 9.92. The lowest BCUT2D eigenvalue weighted by molar-refractivity contribution is -0.158. The van der Waals surface area contributed by atoms with E-state index in [1.165, 1.54) is 4.90 Å². The average molecular weight is 495 g/mol. The highest BCUT2D eigenvalue weighted by Gasteiger charge is 2.54. The van der Waals surface area contributed by atoms with Crippen molar-refractivity contribution in [3.8, 4) is 0 Å². The van der Waals surface area contributed by atoms with Crippen LogP contribution < -0.4 is 0 Å². The summed E-state index contributed by atoms with van der Waals surface area (Å²) in [6.45, 7) is 6.39. The fourth-order valence-electron chi connectivity index (χ4n) is 3.79. The van der Waals surface area contributed by atoms with Crippen LogP contribution >= 0.6 is 27.5 Å². The van der Waals surface area contributed by atoms with E-state index in [0.29, 0.717) is 10.6 Å². The first kappa shape index (κ1) is 22.2. The lowest BCUT2D eigenvalue weighted by Gasteiger charge is -2.48. The minimum absolute atomic E-state index is 0.259. The molecule has 0 bridgehead atoms. The summed E-state index contributed by atoms with van der Waals surface area (Å²) in [5.41, 5.74) is 1.33. The molecule has 4 nitrogen and oxygen atoms in total. The molecular weight excluding hydrogens is 470 g/mol. The number of nitrogens with zero attached hydrogens (tertiary/aromatic N) is 1. The Morgan fingerprint density at radius 2 is 1.59 bits per heavy atom. The van der Waals surface area contributed by atoms with Gasteiger partial charge in [-0.1, -0.05) is 60.4 Å². The Kier molecular flexibility index (Phi) is 6.99. The molecular formula is C22H25BrClNO3Si. The molecule has 2 atom stereocenters. The summed E-state index contributed by atoms with van der Waals surface area (Å²) in [6.07, 6.45) is -0.623. The maximum atomic E-state index is 13.1. The second kappa shape index (κ2) is 9.12. The molecule has 154 valence electrons. The van der Waals surface area contributed by atoms with Gasteiger partial charge in [0.2, 0.25) is 0 Å². The Balaban J connectivity index is 1.95. The number of carbonyl (C=O) groups is 2. The van der Waals surface area contributed by atoms with Crippen molar-refractivity contribution in [2.45, 2.75) is 51.0 Å². The largest absolute Gasteiger partial charge is 0.403 e. The quantitative estimate of drug-likeness (QED) is 0.261. The molecule has 0 radical (unpaired) electrons. The van der Waals surface area contributed by atoms with Crippen molar-refractivity contribution in [1.29, 1.82) is 0 Å². The highest BCUT2D eigenvalue weighted by molar-refractivity contribution is 9.10. The molecule has 2 aromatic rings. The van der Waals surface area contributed by atoms with E-state index < -0.39 is 20.5 Å². The van der Waals surface area contributed by atoms with Crippen molar-refractivity contribution >= 4 is 47.7 Å². The first-order chi connectivity index (χ1) is 13.9. The number of likely N-dealkylation sites (tertiary alicyclic amines) is 1. The molecule has 7 heteroatoms. The highest BCUT2D eigenvalue weighted by atomic mass is 79.9. The predicted molar refractivity (Wildman–Crippen MR) is 122 cm³/mol. The van der Waals surface area contributed by atoms with Gasteiger partial charge in [-0.25, -0.2) is 0 Å². The van der Waals surface area contributed by atoms with Crippen LogP contribution in [0.2, 0.25) is 23.2 Å². The van der Waals surface area contributed by atoms with E-state index in [0.717, 1.165) is 28.2 Å². The van der Waals surface area contributed by atoms with E-state index in [1.807, 2.05) is 12.1 Å². The molecule has 1 aliphatic rings. The second-order valence-electron chi connectivity index (χ2n) is 7.30. The Labute approximate surface area is 186 Å². The summed E-state index contributed by atoms with van der Waals surface area (Å²) in [4.78, 5) is 27.6. The van der Waals surface area contributed by atoms with Crippen molar-refractivity contribution in [3.63, 3.8) is 0 Å². The molecule has 3 rings (SSSR count). The smallest absolute Gasteiger partial charge is 0.261 e. The molecule has 29 heavy (non-hydrogen) atoms. The average Bonchev–Trinajstić information content (AvgIpc) is 2.74. The summed E-state index contributed by atoms with van der Waals surface area (Å²) >= 11 is 9.43. The van der Waals surface area contributed by atoms with Crippen molar-refractivity contribution in [2.24, 2.45) is 0 Å². The maximum absolute atomic E-state index is 13.1. The van der Waals surface area contributed by atoms with Gasteiger partial charge in [-0.2, -0.15) is 0 Å². The molecule has 1 fully saturated rings. The van der Waals surface area contributed by atoms with Crippen LogP contribution in [0.15, 0.2) is 53.0 Å². The van der Waals surface area contributed by atoms with Crippen LogP contribution in [-0.2, 0) is 9.22 Å². The normalized spacial score (nSPS) is 19.2. The van der Waals surface area contributed by atoms with Gasteiger partial charge in [0, 0.05) is 15.1 Å². The number of imide groups is 1. The van der Waals surface area contributed by atoms with E-state index in [4.69, 9.17) is 16.0 Å². The highest BCUT2D eigenvalue weighted by Crippen LogP contribution is 2.41. The number of hydrogen-bond acceptors (Lipinski definition) is 3. The minimum atomic E-state index is -2.02. The Bertz CT molecular complexity index is 876. The van der Waals surface area contributed by atoms with Gasteiger partial charge in [-0.05, 0) is 60.1 Å². The fraction of sp³-hybridized carbons (Fsp3) is 0.364. The third-order valence-corrected chi connectivity index (χ3v) is 11.3. The number of halogens is 2. The lowest BCUT2D eigenvalue weighted by Crippen LogP contribution is -2.64. The van der Waals surface area contributed by atoms with E-state index in [-0.39, 0.29) is 11.8 Å². The Hall–Kier alpha value is -1.47. The number of β-lactam (4-membered cyclic amide) rings is 1. The third-order valence-electron chi connectivity index (χ3n) is 5.88. The SMILES string of the molecule is CC[Si](CC)(CC)O[C@H]1C(=O)N(C(=O)c2ccc(Br)cc2)[C@H]1c1ccc(Cl)cc1. The molecule has 0 aliphatic carbocycles. The fourth-order valence-corrected chi connectivity index (χ4v) is 6.95. The number of hydrogen-bond donors (Lipinski definition) is 0. The maximum Gasteiger partial charge on any atom is 0.261 e. The van der Waals surface area contributed by atoms with E-state index >= 15 is 0 Å². The molecule has 2 aromatic carbocycles. The van der Waals surface area contributed by atoms with Gasteiger partial charge < -0.3 is 4.43 Å². The van der Waals surface area contributed by atoms with E-state index in [9.17, 15) is 9.59 Å². The monoisotopic (exact) mass is 493 g/mol. The summed E-state index contributed by atoms with van der Waals surface area (Å²) in [7, 11) is -2.02. The molecule has 0 saturated carbocycles. The Morgan fingerprint density at radius 1 is 1.03 bits per heavy atom. The lowest BCUT2D eigenvalue weighted by atomic mass is 9.90. The van der Waals surface area contributed by atoms with Crippen LogP contribution in [0.3, 0.4) is 0 Å². The zero-order valence-corrected chi connectivity index (χ0v) is 20.2. The second-order valence-corrected chi connectivity index (χ2v) is 13.4. The van der Waals surface area contributed by atoms with Crippen LogP contribution in [0.1, 0.15) is 42.7 Å². The van der Waals surface area contributed by atoms with Gasteiger partial charge in [0.05, 0.1) is 6.04 Å². The van der Waals surface area contributed by atoms with Crippen molar-refractivity contribution in [2.75, 3.05) is 0 Å². The van der Waals surface area contributed by atoms with Gasteiger partial charge in [0.1, 0.15) is 0 Å². The minimum Gasteiger partial charge on any atom is -0.403 e. The number of rotatable bonds is 7. The van der Waals surface area contributed by atoms with Crippen LogP contribution in [0, 0.1) is 0 Å².